The molecule has 21 heavy (non-hydrogen) atoms. The summed E-state index contributed by atoms with van der Waals surface area (Å²) in [5, 5.41) is 15.2. The van der Waals surface area contributed by atoms with Crippen molar-refractivity contribution >= 4 is 17.8 Å². The molecule has 1 aliphatic heterocycles. The van der Waals surface area contributed by atoms with Gasteiger partial charge in [0.15, 0.2) is 0 Å². The Morgan fingerprint density at radius 2 is 2.19 bits per heavy atom. The molecule has 0 saturated carbocycles. The Morgan fingerprint density at radius 1 is 1.43 bits per heavy atom. The highest BCUT2D eigenvalue weighted by molar-refractivity contribution is 8.00. The minimum atomic E-state index is -0.253. The predicted molar refractivity (Wildman–Crippen MR) is 87.7 cm³/mol. The van der Waals surface area contributed by atoms with E-state index in [1.807, 2.05) is 42.1 Å². The van der Waals surface area contributed by atoms with E-state index in [4.69, 9.17) is 0 Å². The summed E-state index contributed by atoms with van der Waals surface area (Å²) in [6.07, 6.45) is 3.00. The van der Waals surface area contributed by atoms with Gasteiger partial charge in [0.2, 0.25) is 0 Å². The Morgan fingerprint density at radius 3 is 2.81 bits per heavy atom. The molecule has 1 aliphatic rings. The van der Waals surface area contributed by atoms with Crippen LogP contribution in [0.15, 0.2) is 30.3 Å². The summed E-state index contributed by atoms with van der Waals surface area (Å²) >= 11 is 1.92. The van der Waals surface area contributed by atoms with Crippen molar-refractivity contribution in [3.05, 3.63) is 35.9 Å². The number of carbonyl (C=O) groups is 1. The van der Waals surface area contributed by atoms with Gasteiger partial charge in [-0.05, 0) is 37.5 Å². The molecule has 116 valence electrons. The van der Waals surface area contributed by atoms with Gasteiger partial charge in [0.25, 0.3) is 0 Å². The Hall–Kier alpha value is -1.20. The molecule has 1 aromatic rings. The number of carbonyl (C=O) groups excluding carboxylic acids is 1. The largest absolute Gasteiger partial charge is 0.394 e. The summed E-state index contributed by atoms with van der Waals surface area (Å²) in [4.78, 5) is 12.0. The van der Waals surface area contributed by atoms with Crippen LogP contribution >= 0.6 is 11.8 Å². The lowest BCUT2D eigenvalue weighted by molar-refractivity contribution is 0.215. The second kappa shape index (κ2) is 7.71. The first-order valence-electron chi connectivity index (χ1n) is 7.44. The third-order valence-electron chi connectivity index (χ3n) is 3.80. The van der Waals surface area contributed by atoms with Crippen molar-refractivity contribution in [1.82, 2.24) is 10.6 Å². The maximum atomic E-state index is 12.0. The number of hydrogen-bond donors (Lipinski definition) is 3. The fraction of sp³-hybridized carbons (Fsp3) is 0.562. The quantitative estimate of drug-likeness (QED) is 0.755. The standard InChI is InChI=1S/C16H24N2O2S/c1-16(8-5-9-21-16)12-17-15(20)18-14(11-19)10-13-6-3-2-4-7-13/h2-4,6-7,14,19H,5,8-12H2,1H3,(H2,17,18,20)/t14-,16+/m0/s1. The van der Waals surface area contributed by atoms with Crippen molar-refractivity contribution in [2.45, 2.75) is 37.0 Å². The van der Waals surface area contributed by atoms with E-state index in [9.17, 15) is 9.90 Å². The number of benzene rings is 1. The summed E-state index contributed by atoms with van der Waals surface area (Å²) in [6, 6.07) is 9.42. The Labute approximate surface area is 130 Å². The van der Waals surface area contributed by atoms with Gasteiger partial charge in [-0.2, -0.15) is 11.8 Å². The number of nitrogens with one attached hydrogen (secondary N) is 2. The van der Waals surface area contributed by atoms with Crippen LogP contribution in [-0.2, 0) is 6.42 Å². The summed E-state index contributed by atoms with van der Waals surface area (Å²) < 4.78 is 0.158. The van der Waals surface area contributed by atoms with Crippen LogP contribution in [0.5, 0.6) is 0 Å². The summed E-state index contributed by atoms with van der Waals surface area (Å²) in [5.74, 6) is 1.17. The fourth-order valence-corrected chi connectivity index (χ4v) is 3.78. The lowest BCUT2D eigenvalue weighted by atomic mass is 10.1. The highest BCUT2D eigenvalue weighted by atomic mass is 32.2. The molecule has 5 heteroatoms. The summed E-state index contributed by atoms with van der Waals surface area (Å²) in [5.41, 5.74) is 1.11. The van der Waals surface area contributed by atoms with E-state index in [0.29, 0.717) is 13.0 Å². The van der Waals surface area contributed by atoms with Crippen molar-refractivity contribution in [3.63, 3.8) is 0 Å². The van der Waals surface area contributed by atoms with Crippen LogP contribution in [0.25, 0.3) is 0 Å². The van der Waals surface area contributed by atoms with Crippen LogP contribution in [0.3, 0.4) is 0 Å². The molecule has 1 saturated heterocycles. The average molecular weight is 308 g/mol. The van der Waals surface area contributed by atoms with Gasteiger partial charge in [-0.1, -0.05) is 30.3 Å². The van der Waals surface area contributed by atoms with Gasteiger partial charge < -0.3 is 15.7 Å². The van der Waals surface area contributed by atoms with E-state index in [-0.39, 0.29) is 23.4 Å². The molecule has 0 spiro atoms. The Balaban J connectivity index is 1.77. The molecule has 0 radical (unpaired) electrons. The van der Waals surface area contributed by atoms with Crippen molar-refractivity contribution in [2.24, 2.45) is 0 Å². The van der Waals surface area contributed by atoms with Gasteiger partial charge in [-0.3, -0.25) is 0 Å². The van der Waals surface area contributed by atoms with Crippen molar-refractivity contribution in [3.8, 4) is 0 Å². The zero-order valence-corrected chi connectivity index (χ0v) is 13.3. The Bertz CT molecular complexity index is 447. The van der Waals surface area contributed by atoms with E-state index < -0.39 is 0 Å². The van der Waals surface area contributed by atoms with Crippen molar-refractivity contribution < 1.29 is 9.90 Å². The first-order chi connectivity index (χ1) is 10.1. The van der Waals surface area contributed by atoms with E-state index >= 15 is 0 Å². The molecule has 1 aromatic carbocycles. The second-order valence-electron chi connectivity index (χ2n) is 5.80. The second-order valence-corrected chi connectivity index (χ2v) is 7.48. The van der Waals surface area contributed by atoms with Crippen LogP contribution < -0.4 is 10.6 Å². The lowest BCUT2D eigenvalue weighted by Gasteiger charge is -2.24. The molecule has 0 aromatic heterocycles. The molecule has 3 N–H and O–H groups in total. The van der Waals surface area contributed by atoms with Crippen molar-refractivity contribution in [2.75, 3.05) is 18.9 Å². The van der Waals surface area contributed by atoms with E-state index in [1.165, 1.54) is 12.2 Å². The maximum absolute atomic E-state index is 12.0. The molecule has 1 heterocycles. The number of rotatable bonds is 6. The minimum absolute atomic E-state index is 0.0612. The SMILES string of the molecule is C[C@]1(CNC(=O)N[C@H](CO)Cc2ccccc2)CCCS1. The molecule has 0 aliphatic carbocycles. The van der Waals surface area contributed by atoms with E-state index in [2.05, 4.69) is 17.6 Å². The summed E-state index contributed by atoms with van der Waals surface area (Å²) in [6.45, 7) is 2.81. The predicted octanol–water partition coefficient (Wildman–Crippen LogP) is 2.17. The molecule has 2 amide bonds. The third-order valence-corrected chi connectivity index (χ3v) is 5.34. The van der Waals surface area contributed by atoms with Gasteiger partial charge in [0.1, 0.15) is 0 Å². The molecule has 1 fully saturated rings. The van der Waals surface area contributed by atoms with Crippen LogP contribution in [-0.4, -0.2) is 40.8 Å². The molecule has 2 atom stereocenters. The van der Waals surface area contributed by atoms with Gasteiger partial charge in [-0.25, -0.2) is 4.79 Å². The number of amides is 2. The lowest BCUT2D eigenvalue weighted by Crippen LogP contribution is -2.48. The normalized spacial score (nSPS) is 22.8. The first kappa shape index (κ1) is 16.2. The topological polar surface area (TPSA) is 61.4 Å². The van der Waals surface area contributed by atoms with Crippen LogP contribution in [0.1, 0.15) is 25.3 Å². The third kappa shape index (κ3) is 5.25. The molecular weight excluding hydrogens is 284 g/mol. The smallest absolute Gasteiger partial charge is 0.315 e. The Kier molecular flexibility index (Phi) is 5.94. The van der Waals surface area contributed by atoms with Crippen LogP contribution in [0.2, 0.25) is 0 Å². The highest BCUT2D eigenvalue weighted by Crippen LogP contribution is 2.36. The molecule has 2 rings (SSSR count). The van der Waals surface area contributed by atoms with Crippen LogP contribution in [0.4, 0.5) is 4.79 Å². The maximum Gasteiger partial charge on any atom is 0.315 e. The van der Waals surface area contributed by atoms with E-state index in [1.54, 1.807) is 0 Å². The van der Waals surface area contributed by atoms with Gasteiger partial charge in [0.05, 0.1) is 12.6 Å². The van der Waals surface area contributed by atoms with Crippen molar-refractivity contribution in [1.29, 1.82) is 0 Å². The van der Waals surface area contributed by atoms with E-state index in [0.717, 1.165) is 12.0 Å². The number of hydrogen-bond acceptors (Lipinski definition) is 3. The van der Waals surface area contributed by atoms with Crippen LogP contribution in [0, 0.1) is 0 Å². The highest BCUT2D eigenvalue weighted by Gasteiger charge is 2.29. The van der Waals surface area contributed by atoms with Gasteiger partial charge in [0, 0.05) is 11.3 Å². The zero-order valence-electron chi connectivity index (χ0n) is 12.5. The monoisotopic (exact) mass is 308 g/mol. The number of aliphatic hydroxyl groups excluding tert-OH is 1. The summed E-state index contributed by atoms with van der Waals surface area (Å²) in [7, 11) is 0. The minimum Gasteiger partial charge on any atom is -0.394 e. The fourth-order valence-electron chi connectivity index (χ4n) is 2.54. The number of urea groups is 1. The molecular formula is C16H24N2O2S. The number of aliphatic hydroxyl groups is 1. The molecule has 0 unspecified atom stereocenters. The number of thioether (sulfide) groups is 1. The van der Waals surface area contributed by atoms with Gasteiger partial charge in [-0.15, -0.1) is 0 Å². The van der Waals surface area contributed by atoms with Gasteiger partial charge >= 0.3 is 6.03 Å². The zero-order chi connectivity index (χ0) is 15.1. The molecule has 4 nitrogen and oxygen atoms in total. The first-order valence-corrected chi connectivity index (χ1v) is 8.43. The molecule has 0 bridgehead atoms. The average Bonchev–Trinajstić information content (AvgIpc) is 2.93.